The molecule has 0 unspecified atom stereocenters. The highest BCUT2D eigenvalue weighted by Gasteiger charge is 2.25. The fourth-order valence-corrected chi connectivity index (χ4v) is 3.62. The van der Waals surface area contributed by atoms with Crippen molar-refractivity contribution in [2.75, 3.05) is 38.7 Å². The summed E-state index contributed by atoms with van der Waals surface area (Å²) in [4.78, 5) is 14.3. The number of hydrogen-bond donors (Lipinski definition) is 1. The van der Waals surface area contributed by atoms with Gasteiger partial charge in [-0.15, -0.1) is 0 Å². The Balaban J connectivity index is 1.45. The SMILES string of the molecule is COC[C@@H]1CN(C(=O)Nc2ccc3c(c2)Cc2ccccc2-3)CCO1. The second-order valence-electron chi connectivity index (χ2n) is 6.53. The van der Waals surface area contributed by atoms with E-state index in [1.807, 2.05) is 6.07 Å². The standard InChI is InChI=1S/C20H22N2O3/c1-24-13-17-12-22(8-9-25-17)20(23)21-16-6-7-19-15(11-16)10-14-4-2-3-5-18(14)19/h2-7,11,17H,8-10,12-13H2,1H3,(H,21,23)/t17-/m0/s1. The third kappa shape index (κ3) is 3.25. The van der Waals surface area contributed by atoms with Gasteiger partial charge >= 0.3 is 6.03 Å². The van der Waals surface area contributed by atoms with Crippen molar-refractivity contribution < 1.29 is 14.3 Å². The van der Waals surface area contributed by atoms with Crippen LogP contribution < -0.4 is 5.32 Å². The van der Waals surface area contributed by atoms with Crippen LogP contribution >= 0.6 is 0 Å². The number of morpholine rings is 1. The van der Waals surface area contributed by atoms with Crippen molar-refractivity contribution in [2.45, 2.75) is 12.5 Å². The maximum atomic E-state index is 12.6. The maximum Gasteiger partial charge on any atom is 0.322 e. The van der Waals surface area contributed by atoms with Crippen LogP contribution in [0.25, 0.3) is 11.1 Å². The Kier molecular flexibility index (Phi) is 4.42. The fraction of sp³-hybridized carbons (Fsp3) is 0.350. The summed E-state index contributed by atoms with van der Waals surface area (Å²) in [5.74, 6) is 0. The fourth-order valence-electron chi connectivity index (χ4n) is 3.62. The van der Waals surface area contributed by atoms with Gasteiger partial charge in [-0.3, -0.25) is 0 Å². The summed E-state index contributed by atoms with van der Waals surface area (Å²) in [5, 5.41) is 3.02. The lowest BCUT2D eigenvalue weighted by molar-refractivity contribution is -0.0481. The van der Waals surface area contributed by atoms with Crippen molar-refractivity contribution in [2.24, 2.45) is 0 Å². The number of amides is 2. The van der Waals surface area contributed by atoms with Gasteiger partial charge in [0.05, 0.1) is 25.9 Å². The Labute approximate surface area is 147 Å². The van der Waals surface area contributed by atoms with Crippen LogP contribution in [0.5, 0.6) is 0 Å². The molecule has 130 valence electrons. The van der Waals surface area contributed by atoms with Crippen molar-refractivity contribution in [1.82, 2.24) is 4.90 Å². The topological polar surface area (TPSA) is 50.8 Å². The van der Waals surface area contributed by atoms with Gasteiger partial charge < -0.3 is 19.7 Å². The van der Waals surface area contributed by atoms with E-state index < -0.39 is 0 Å². The number of rotatable bonds is 3. The molecule has 2 aliphatic rings. The summed E-state index contributed by atoms with van der Waals surface area (Å²) >= 11 is 0. The molecule has 2 aromatic rings. The smallest absolute Gasteiger partial charge is 0.322 e. The second kappa shape index (κ2) is 6.86. The minimum absolute atomic E-state index is 0.0565. The van der Waals surface area contributed by atoms with Crippen LogP contribution in [-0.4, -0.2) is 50.4 Å². The zero-order valence-corrected chi connectivity index (χ0v) is 14.3. The number of urea groups is 1. The minimum Gasteiger partial charge on any atom is -0.382 e. The molecule has 1 saturated heterocycles. The first-order valence-electron chi connectivity index (χ1n) is 8.62. The van der Waals surface area contributed by atoms with Crippen molar-refractivity contribution in [3.8, 4) is 11.1 Å². The first-order valence-corrected chi connectivity index (χ1v) is 8.62. The number of anilines is 1. The highest BCUT2D eigenvalue weighted by molar-refractivity contribution is 5.90. The highest BCUT2D eigenvalue weighted by Crippen LogP contribution is 2.37. The van der Waals surface area contributed by atoms with Crippen LogP contribution in [0.2, 0.25) is 0 Å². The maximum absolute atomic E-state index is 12.6. The van der Waals surface area contributed by atoms with E-state index in [1.165, 1.54) is 22.3 Å². The summed E-state index contributed by atoms with van der Waals surface area (Å²) in [6, 6.07) is 14.5. The summed E-state index contributed by atoms with van der Waals surface area (Å²) in [5.41, 5.74) is 6.01. The molecular formula is C20H22N2O3. The molecule has 1 aliphatic heterocycles. The molecule has 4 rings (SSSR count). The van der Waals surface area contributed by atoms with Crippen LogP contribution in [0.4, 0.5) is 10.5 Å². The van der Waals surface area contributed by atoms with Crippen molar-refractivity contribution >= 4 is 11.7 Å². The van der Waals surface area contributed by atoms with E-state index in [0.29, 0.717) is 26.3 Å². The molecule has 1 fully saturated rings. The largest absolute Gasteiger partial charge is 0.382 e. The summed E-state index contributed by atoms with van der Waals surface area (Å²) in [6.45, 7) is 2.19. The molecule has 2 aromatic carbocycles. The zero-order chi connectivity index (χ0) is 17.2. The lowest BCUT2D eigenvalue weighted by atomic mass is 10.1. The average molecular weight is 338 g/mol. The van der Waals surface area contributed by atoms with Gasteiger partial charge in [-0.05, 0) is 40.8 Å². The summed E-state index contributed by atoms with van der Waals surface area (Å²) < 4.78 is 10.7. The number of ether oxygens (including phenoxy) is 2. The van der Waals surface area contributed by atoms with E-state index in [9.17, 15) is 4.79 Å². The molecule has 5 nitrogen and oxygen atoms in total. The number of carbonyl (C=O) groups is 1. The molecule has 0 aromatic heterocycles. The van der Waals surface area contributed by atoms with Crippen molar-refractivity contribution in [3.63, 3.8) is 0 Å². The number of fused-ring (bicyclic) bond motifs is 3. The molecule has 5 heteroatoms. The van der Waals surface area contributed by atoms with Gasteiger partial charge in [0.15, 0.2) is 0 Å². The molecular weight excluding hydrogens is 316 g/mol. The van der Waals surface area contributed by atoms with E-state index in [4.69, 9.17) is 9.47 Å². The van der Waals surface area contributed by atoms with Crippen molar-refractivity contribution in [1.29, 1.82) is 0 Å². The third-order valence-corrected chi connectivity index (χ3v) is 4.82. The quantitative estimate of drug-likeness (QED) is 0.798. The molecule has 1 N–H and O–H groups in total. The molecule has 0 radical (unpaired) electrons. The molecule has 1 heterocycles. The van der Waals surface area contributed by atoms with Gasteiger partial charge in [-0.25, -0.2) is 4.79 Å². The lowest BCUT2D eigenvalue weighted by Gasteiger charge is -2.32. The highest BCUT2D eigenvalue weighted by atomic mass is 16.5. The Morgan fingerprint density at radius 1 is 1.24 bits per heavy atom. The number of benzene rings is 2. The Morgan fingerprint density at radius 2 is 2.08 bits per heavy atom. The lowest BCUT2D eigenvalue weighted by Crippen LogP contribution is -2.48. The van der Waals surface area contributed by atoms with Gasteiger partial charge in [-0.1, -0.05) is 30.3 Å². The van der Waals surface area contributed by atoms with Gasteiger partial charge in [0.2, 0.25) is 0 Å². The molecule has 0 bridgehead atoms. The van der Waals surface area contributed by atoms with Crippen LogP contribution in [0.3, 0.4) is 0 Å². The van der Waals surface area contributed by atoms with Gasteiger partial charge in [-0.2, -0.15) is 0 Å². The molecule has 2 amide bonds. The molecule has 0 saturated carbocycles. The van der Waals surface area contributed by atoms with E-state index >= 15 is 0 Å². The zero-order valence-electron chi connectivity index (χ0n) is 14.3. The minimum atomic E-state index is -0.0835. The van der Waals surface area contributed by atoms with Gasteiger partial charge in [0.25, 0.3) is 0 Å². The van der Waals surface area contributed by atoms with Gasteiger partial charge in [0.1, 0.15) is 0 Å². The summed E-state index contributed by atoms with van der Waals surface area (Å²) in [7, 11) is 1.64. The van der Waals surface area contributed by atoms with Crippen LogP contribution in [0.1, 0.15) is 11.1 Å². The Hall–Kier alpha value is -2.37. The van der Waals surface area contributed by atoms with Crippen LogP contribution in [0, 0.1) is 0 Å². The van der Waals surface area contributed by atoms with Crippen LogP contribution in [-0.2, 0) is 15.9 Å². The first kappa shape index (κ1) is 16.1. The predicted octanol–water partition coefficient (Wildman–Crippen LogP) is 3.14. The number of nitrogens with zero attached hydrogens (tertiary/aromatic N) is 1. The monoisotopic (exact) mass is 338 g/mol. The van der Waals surface area contributed by atoms with E-state index in [1.54, 1.807) is 12.0 Å². The first-order chi connectivity index (χ1) is 12.2. The number of hydrogen-bond acceptors (Lipinski definition) is 3. The molecule has 0 spiro atoms. The number of nitrogens with one attached hydrogen (secondary N) is 1. The number of carbonyl (C=O) groups excluding carboxylic acids is 1. The normalized spacial score (nSPS) is 18.6. The molecule has 1 aliphatic carbocycles. The average Bonchev–Trinajstić information content (AvgIpc) is 3.00. The third-order valence-electron chi connectivity index (χ3n) is 4.82. The Bertz CT molecular complexity index is 788. The summed E-state index contributed by atoms with van der Waals surface area (Å²) in [6.07, 6.45) is 0.863. The predicted molar refractivity (Wildman–Crippen MR) is 96.9 cm³/mol. The van der Waals surface area contributed by atoms with Crippen molar-refractivity contribution in [3.05, 3.63) is 53.6 Å². The second-order valence-corrected chi connectivity index (χ2v) is 6.53. The van der Waals surface area contributed by atoms with E-state index in [0.717, 1.165) is 12.1 Å². The molecule has 1 atom stereocenters. The van der Waals surface area contributed by atoms with E-state index in [2.05, 4.69) is 41.7 Å². The van der Waals surface area contributed by atoms with Gasteiger partial charge in [0, 0.05) is 19.3 Å². The Morgan fingerprint density at radius 3 is 2.96 bits per heavy atom. The molecule has 25 heavy (non-hydrogen) atoms. The van der Waals surface area contributed by atoms with E-state index in [-0.39, 0.29) is 12.1 Å². The van der Waals surface area contributed by atoms with Crippen LogP contribution in [0.15, 0.2) is 42.5 Å². The number of methoxy groups -OCH3 is 1.